The molecule has 2 aromatic carbocycles. The number of carboxylic acid groups (broad SMARTS) is 4. The van der Waals surface area contributed by atoms with Crippen molar-refractivity contribution >= 4 is 23.9 Å². The van der Waals surface area contributed by atoms with Crippen molar-refractivity contribution in [2.24, 2.45) is 0 Å². The first-order valence-corrected chi connectivity index (χ1v) is 9.19. The molecule has 37 heavy (non-hydrogen) atoms. The zero-order valence-corrected chi connectivity index (χ0v) is 28.6. The fraction of sp³-hybridized carbons (Fsp3) is 0.238. The Hall–Kier alpha value is 0.0700. The fourth-order valence-electron chi connectivity index (χ4n) is 3.10. The first-order chi connectivity index (χ1) is 15.3. The zero-order valence-electron chi connectivity index (χ0n) is 20.6. The second-order valence-corrected chi connectivity index (χ2v) is 6.94. The van der Waals surface area contributed by atoms with Gasteiger partial charge in [0.25, 0.3) is 0 Å². The van der Waals surface area contributed by atoms with Gasteiger partial charge in [-0.05, 0) is 35.2 Å². The van der Waals surface area contributed by atoms with E-state index in [0.717, 1.165) is 24.3 Å². The molecule has 0 fully saturated rings. The van der Waals surface area contributed by atoms with E-state index in [1.54, 1.807) is 0 Å². The summed E-state index contributed by atoms with van der Waals surface area (Å²) < 4.78 is 40.4. The average molecular weight is 557 g/mol. The largest absolute Gasteiger partial charge is 1.00 e. The van der Waals surface area contributed by atoms with Gasteiger partial charge < -0.3 is 39.6 Å². The molecule has 176 valence electrons. The van der Waals surface area contributed by atoms with Gasteiger partial charge in [0.05, 0.1) is 23.5 Å². The van der Waals surface area contributed by atoms with Crippen LogP contribution in [0.5, 0.6) is 0 Å². The van der Waals surface area contributed by atoms with Gasteiger partial charge in [-0.3, -0.25) is 4.90 Å². The van der Waals surface area contributed by atoms with Gasteiger partial charge >= 0.3 is 124 Å². The van der Waals surface area contributed by atoms with Crippen LogP contribution in [-0.2, 0) is 24.1 Å². The van der Waals surface area contributed by atoms with Crippen molar-refractivity contribution in [3.05, 3.63) is 69.8 Å². The number of alkyl halides is 3. The van der Waals surface area contributed by atoms with E-state index in [9.17, 15) is 52.8 Å². The molecule has 9 nitrogen and oxygen atoms in total. The third kappa shape index (κ3) is 12.9. The predicted octanol–water partition coefficient (Wildman–Crippen LogP) is -14.0. The number of nitrogens with zero attached hydrogens (tertiary/aromatic N) is 1. The second kappa shape index (κ2) is 18.4. The number of hydrogen-bond donors (Lipinski definition) is 0. The smallest absolute Gasteiger partial charge is 0.550 e. The maximum Gasteiger partial charge on any atom is 1.00 e. The van der Waals surface area contributed by atoms with Gasteiger partial charge in [-0.1, -0.05) is 24.3 Å². The third-order valence-corrected chi connectivity index (χ3v) is 4.61. The van der Waals surface area contributed by atoms with Gasteiger partial charge in [-0.25, -0.2) is 0 Å². The Morgan fingerprint density at radius 2 is 1.30 bits per heavy atom. The van der Waals surface area contributed by atoms with Gasteiger partial charge in [0, 0.05) is 36.7 Å². The first-order valence-electron chi connectivity index (χ1n) is 9.19. The number of hydrogen-bond acceptors (Lipinski definition) is 9. The zero-order chi connectivity index (χ0) is 24.9. The molecule has 0 aromatic heterocycles. The van der Waals surface area contributed by atoms with Crippen LogP contribution in [-0.4, -0.2) is 35.3 Å². The molecular formula is C21H14F3NNa4O8. The Morgan fingerprint density at radius 3 is 1.76 bits per heavy atom. The minimum Gasteiger partial charge on any atom is -0.550 e. The molecule has 0 bridgehead atoms. The SMILES string of the molecule is O=C([O-])CCN(Cc1ccc(C(=O)[O-])c(C(=O)[O-])c1)Cc1ccc(C(=O)[O-])cc1C(F)(F)F.[Na+].[Na+].[Na+].[Na+]. The number of carboxylic acids is 4. The van der Waals surface area contributed by atoms with E-state index in [-0.39, 0.29) is 142 Å². The molecule has 0 amide bonds. The van der Waals surface area contributed by atoms with Crippen molar-refractivity contribution in [2.45, 2.75) is 25.7 Å². The van der Waals surface area contributed by atoms with Crippen LogP contribution in [0.3, 0.4) is 0 Å². The molecule has 0 N–H and O–H groups in total. The molecule has 2 rings (SSSR count). The summed E-state index contributed by atoms with van der Waals surface area (Å²) >= 11 is 0. The van der Waals surface area contributed by atoms with Crippen LogP contribution in [0.15, 0.2) is 36.4 Å². The summed E-state index contributed by atoms with van der Waals surface area (Å²) in [5.74, 6) is -6.92. The van der Waals surface area contributed by atoms with Crippen molar-refractivity contribution in [1.29, 1.82) is 0 Å². The molecule has 0 aliphatic rings. The van der Waals surface area contributed by atoms with Crippen molar-refractivity contribution < 1.29 is 171 Å². The summed E-state index contributed by atoms with van der Waals surface area (Å²) in [5, 5.41) is 44.1. The Kier molecular flexibility index (Phi) is 20.7. The minimum absolute atomic E-state index is 0. The van der Waals surface area contributed by atoms with E-state index in [2.05, 4.69) is 0 Å². The standard InChI is InChI=1S/C21H18F3NO8.4Na/c22-21(23,24)16-8-12(18(28)29)2-3-13(16)10-25(6-5-17(26)27)9-11-1-4-14(19(30)31)15(7-11)20(32)33;;;;/h1-4,7-8H,5-6,9-10H2,(H,26,27)(H,28,29)(H,30,31)(H,32,33);;;;/q;4*+1/p-4. The van der Waals surface area contributed by atoms with Crippen molar-refractivity contribution in [3.63, 3.8) is 0 Å². The summed E-state index contributed by atoms with van der Waals surface area (Å²) in [4.78, 5) is 45.3. The molecule has 0 saturated carbocycles. The molecule has 0 spiro atoms. The van der Waals surface area contributed by atoms with Crippen LogP contribution in [0.2, 0.25) is 0 Å². The number of rotatable bonds is 10. The number of carbonyl (C=O) groups is 4. The van der Waals surface area contributed by atoms with Gasteiger partial charge in [0.15, 0.2) is 0 Å². The van der Waals surface area contributed by atoms with Crippen LogP contribution in [0.4, 0.5) is 13.2 Å². The first kappa shape index (κ1) is 41.5. The molecule has 0 saturated heterocycles. The second-order valence-electron chi connectivity index (χ2n) is 6.94. The topological polar surface area (TPSA) is 164 Å². The summed E-state index contributed by atoms with van der Waals surface area (Å²) in [6.45, 7) is -1.09. The van der Waals surface area contributed by atoms with Crippen LogP contribution >= 0.6 is 0 Å². The summed E-state index contributed by atoms with van der Waals surface area (Å²) in [6, 6.07) is 5.24. The molecule has 0 atom stereocenters. The van der Waals surface area contributed by atoms with Gasteiger partial charge in [-0.15, -0.1) is 0 Å². The molecule has 0 heterocycles. The van der Waals surface area contributed by atoms with E-state index in [4.69, 9.17) is 0 Å². The Balaban J connectivity index is -0.00000289. The normalized spacial score (nSPS) is 10.2. The van der Waals surface area contributed by atoms with Crippen molar-refractivity contribution in [1.82, 2.24) is 4.90 Å². The van der Waals surface area contributed by atoms with E-state index < -0.39 is 65.3 Å². The quantitative estimate of drug-likeness (QED) is 0.258. The molecule has 0 unspecified atom stereocenters. The van der Waals surface area contributed by atoms with Crippen LogP contribution < -0.4 is 139 Å². The third-order valence-electron chi connectivity index (χ3n) is 4.61. The molecule has 0 aliphatic heterocycles. The molecule has 2 aromatic rings. The molecule has 0 radical (unpaired) electrons. The summed E-state index contributed by atoms with van der Waals surface area (Å²) in [5.41, 5.74) is -3.61. The van der Waals surface area contributed by atoms with E-state index in [1.807, 2.05) is 0 Å². The summed E-state index contributed by atoms with van der Waals surface area (Å²) in [7, 11) is 0. The van der Waals surface area contributed by atoms with Crippen LogP contribution in [0.1, 0.15) is 54.2 Å². The van der Waals surface area contributed by atoms with E-state index in [0.29, 0.717) is 6.07 Å². The Morgan fingerprint density at radius 1 is 0.730 bits per heavy atom. The van der Waals surface area contributed by atoms with E-state index in [1.165, 1.54) is 11.0 Å². The van der Waals surface area contributed by atoms with Gasteiger partial charge in [0.1, 0.15) is 0 Å². The predicted molar refractivity (Wildman–Crippen MR) is 94.6 cm³/mol. The van der Waals surface area contributed by atoms with Crippen LogP contribution in [0.25, 0.3) is 0 Å². The average Bonchev–Trinajstić information content (AvgIpc) is 2.70. The van der Waals surface area contributed by atoms with Gasteiger partial charge in [0.2, 0.25) is 0 Å². The number of aromatic carboxylic acids is 3. The van der Waals surface area contributed by atoms with Crippen molar-refractivity contribution in [3.8, 4) is 0 Å². The maximum atomic E-state index is 13.5. The Bertz CT molecular complexity index is 1120. The fourth-order valence-corrected chi connectivity index (χ4v) is 3.10. The monoisotopic (exact) mass is 557 g/mol. The van der Waals surface area contributed by atoms with Gasteiger partial charge in [-0.2, -0.15) is 13.2 Å². The molecular weight excluding hydrogens is 543 g/mol. The van der Waals surface area contributed by atoms with E-state index >= 15 is 0 Å². The molecule has 0 aliphatic carbocycles. The number of carbonyl (C=O) groups excluding carboxylic acids is 4. The number of benzene rings is 2. The summed E-state index contributed by atoms with van der Waals surface area (Å²) in [6.07, 6.45) is -5.51. The Labute approximate surface area is 298 Å². The number of aliphatic carboxylic acids is 1. The molecule has 16 heteroatoms. The minimum atomic E-state index is -4.93. The number of halogens is 3. The maximum absolute atomic E-state index is 13.5. The van der Waals surface area contributed by atoms with Crippen molar-refractivity contribution in [2.75, 3.05) is 6.54 Å². The van der Waals surface area contributed by atoms with Crippen LogP contribution in [0, 0.1) is 0 Å².